The molecule has 2 heterocycles. The summed E-state index contributed by atoms with van der Waals surface area (Å²) in [4.78, 5) is 20.8. The highest BCUT2D eigenvalue weighted by Gasteiger charge is 2.46. The molecule has 1 aromatic carbocycles. The lowest BCUT2D eigenvalue weighted by atomic mass is 10.0. The third-order valence-corrected chi connectivity index (χ3v) is 6.10. The van der Waals surface area contributed by atoms with Gasteiger partial charge in [-0.25, -0.2) is 31.9 Å². The number of benzene rings is 1. The second-order valence-corrected chi connectivity index (χ2v) is 8.15. The lowest BCUT2D eigenvalue weighted by Gasteiger charge is -2.19. The van der Waals surface area contributed by atoms with Crippen LogP contribution in [0.3, 0.4) is 0 Å². The number of alkyl halides is 4. The van der Waals surface area contributed by atoms with Crippen LogP contribution in [0.5, 0.6) is 0 Å². The summed E-state index contributed by atoms with van der Waals surface area (Å²) < 4.78 is 67.9. The number of hydrogen-bond acceptors (Lipinski definition) is 4. The number of halogens is 6. The smallest absolute Gasteiger partial charge is 0.267 e. The van der Waals surface area contributed by atoms with E-state index in [4.69, 9.17) is 0 Å². The fourth-order valence-corrected chi connectivity index (χ4v) is 4.13. The maximum atomic E-state index is 14.5. The zero-order valence-electron chi connectivity index (χ0n) is 16.0. The van der Waals surface area contributed by atoms with E-state index in [-0.39, 0.29) is 27.8 Å². The fraction of sp³-hybridized carbons (Fsp3) is 0.350. The standard InChI is InChI=1S/C20H16BrF5N4O/c1-8(9-3-2-4-10(15(9)22)17(23)24)29-19-12-6-30(13-5-11(13)18(25)26)20(31)14(21)16(12)27-7-28-19/h2-4,6-8,11,13,17-18H,5H2,1H3,(H,27,28,29)/t8-,11?,13+/m0/s1. The number of nitrogens with zero attached hydrogens (tertiary/aromatic N) is 3. The maximum Gasteiger partial charge on any atom is 0.267 e. The summed E-state index contributed by atoms with van der Waals surface area (Å²) in [6.45, 7) is 1.57. The monoisotopic (exact) mass is 502 g/mol. The first-order valence-corrected chi connectivity index (χ1v) is 10.2. The molecular formula is C20H16BrF5N4O. The van der Waals surface area contributed by atoms with Crippen molar-refractivity contribution in [3.8, 4) is 0 Å². The molecular weight excluding hydrogens is 487 g/mol. The number of aromatic nitrogens is 3. The van der Waals surface area contributed by atoms with Crippen molar-refractivity contribution in [2.75, 3.05) is 5.32 Å². The first kappa shape index (κ1) is 21.7. The molecule has 2 aromatic heterocycles. The number of anilines is 1. The van der Waals surface area contributed by atoms with Crippen LogP contribution in [-0.2, 0) is 0 Å². The van der Waals surface area contributed by atoms with Crippen molar-refractivity contribution in [1.29, 1.82) is 0 Å². The van der Waals surface area contributed by atoms with Crippen molar-refractivity contribution in [2.45, 2.75) is 38.3 Å². The first-order valence-electron chi connectivity index (χ1n) is 9.37. The molecule has 1 aliphatic carbocycles. The Hall–Kier alpha value is -2.56. The summed E-state index contributed by atoms with van der Waals surface area (Å²) in [5.74, 6) is -1.72. The van der Waals surface area contributed by atoms with Gasteiger partial charge < -0.3 is 9.88 Å². The largest absolute Gasteiger partial charge is 0.363 e. The SMILES string of the molecule is C[C@H](Nc1ncnc2c(Br)c(=O)n([C@@H]3CC3C(F)F)cc12)c1cccc(C(F)F)c1F. The zero-order valence-corrected chi connectivity index (χ0v) is 17.6. The lowest BCUT2D eigenvalue weighted by Crippen LogP contribution is -2.22. The van der Waals surface area contributed by atoms with E-state index in [1.54, 1.807) is 6.92 Å². The van der Waals surface area contributed by atoms with Gasteiger partial charge in [0.05, 0.1) is 22.5 Å². The second-order valence-electron chi connectivity index (χ2n) is 7.36. The summed E-state index contributed by atoms with van der Waals surface area (Å²) >= 11 is 3.18. The number of rotatable bonds is 6. The predicted octanol–water partition coefficient (Wildman–Crippen LogP) is 5.63. The normalized spacial score (nSPS) is 19.3. The van der Waals surface area contributed by atoms with Gasteiger partial charge in [-0.1, -0.05) is 18.2 Å². The van der Waals surface area contributed by atoms with Crippen LogP contribution >= 0.6 is 15.9 Å². The van der Waals surface area contributed by atoms with Crippen molar-refractivity contribution < 1.29 is 22.0 Å². The number of nitrogens with one attached hydrogen (secondary N) is 1. The summed E-state index contributed by atoms with van der Waals surface area (Å²) in [5.41, 5.74) is -0.935. The van der Waals surface area contributed by atoms with Crippen molar-refractivity contribution >= 4 is 32.7 Å². The minimum atomic E-state index is -2.96. The fourth-order valence-electron chi connectivity index (χ4n) is 3.61. The molecule has 3 aromatic rings. The van der Waals surface area contributed by atoms with Crippen LogP contribution in [0, 0.1) is 11.7 Å². The molecule has 11 heteroatoms. The van der Waals surface area contributed by atoms with Crippen molar-refractivity contribution in [2.24, 2.45) is 5.92 Å². The molecule has 1 fully saturated rings. The molecule has 5 nitrogen and oxygen atoms in total. The molecule has 0 amide bonds. The third kappa shape index (κ3) is 3.90. The van der Waals surface area contributed by atoms with Gasteiger partial charge in [0.1, 0.15) is 22.4 Å². The van der Waals surface area contributed by atoms with Gasteiger partial charge in [0.2, 0.25) is 6.43 Å². The highest BCUT2D eigenvalue weighted by Crippen LogP contribution is 2.47. The molecule has 1 aliphatic rings. The van der Waals surface area contributed by atoms with E-state index in [0.717, 1.165) is 6.07 Å². The van der Waals surface area contributed by atoms with Crippen LogP contribution in [0.25, 0.3) is 10.9 Å². The molecule has 3 atom stereocenters. The van der Waals surface area contributed by atoms with Crippen LogP contribution in [0.4, 0.5) is 27.8 Å². The van der Waals surface area contributed by atoms with Gasteiger partial charge in [0.15, 0.2) is 0 Å². The zero-order chi connectivity index (χ0) is 22.4. The van der Waals surface area contributed by atoms with Crippen LogP contribution in [-0.4, -0.2) is 21.0 Å². The Labute approximate surface area is 181 Å². The van der Waals surface area contributed by atoms with E-state index in [1.165, 1.54) is 29.2 Å². The van der Waals surface area contributed by atoms with Crippen LogP contribution in [0.1, 0.15) is 43.0 Å². The van der Waals surface area contributed by atoms with Gasteiger partial charge in [-0.2, -0.15) is 0 Å². The van der Waals surface area contributed by atoms with Gasteiger partial charge >= 0.3 is 0 Å². The van der Waals surface area contributed by atoms with Crippen LogP contribution in [0.15, 0.2) is 40.0 Å². The predicted molar refractivity (Wildman–Crippen MR) is 108 cm³/mol. The summed E-state index contributed by atoms with van der Waals surface area (Å²) in [6.07, 6.45) is -2.73. The molecule has 4 rings (SSSR count). The molecule has 0 bridgehead atoms. The number of pyridine rings is 1. The lowest BCUT2D eigenvalue weighted by molar-refractivity contribution is 0.116. The van der Waals surface area contributed by atoms with E-state index in [0.29, 0.717) is 5.39 Å². The van der Waals surface area contributed by atoms with Crippen LogP contribution in [0.2, 0.25) is 0 Å². The Morgan fingerprint density at radius 3 is 2.55 bits per heavy atom. The summed E-state index contributed by atoms with van der Waals surface area (Å²) in [6, 6.07) is 2.33. The van der Waals surface area contributed by atoms with Gasteiger partial charge in [0, 0.05) is 23.7 Å². The van der Waals surface area contributed by atoms with Gasteiger partial charge in [-0.05, 0) is 29.3 Å². The minimum Gasteiger partial charge on any atom is -0.363 e. The quantitative estimate of drug-likeness (QED) is 0.443. The van der Waals surface area contributed by atoms with Gasteiger partial charge in [0.25, 0.3) is 12.0 Å². The number of hydrogen-bond donors (Lipinski definition) is 1. The summed E-state index contributed by atoms with van der Waals surface area (Å²) in [5, 5.41) is 3.31. The molecule has 0 spiro atoms. The minimum absolute atomic E-state index is 0.0110. The van der Waals surface area contributed by atoms with E-state index in [9.17, 15) is 26.7 Å². The highest BCUT2D eigenvalue weighted by atomic mass is 79.9. The van der Waals surface area contributed by atoms with E-state index < -0.39 is 47.8 Å². The molecule has 0 radical (unpaired) electrons. The summed E-state index contributed by atoms with van der Waals surface area (Å²) in [7, 11) is 0. The second kappa shape index (κ2) is 8.18. The van der Waals surface area contributed by atoms with Crippen molar-refractivity contribution in [3.63, 3.8) is 0 Å². The number of fused-ring (bicyclic) bond motifs is 1. The molecule has 0 aliphatic heterocycles. The Morgan fingerprint density at radius 1 is 1.19 bits per heavy atom. The Bertz CT molecular complexity index is 1200. The topological polar surface area (TPSA) is 59.8 Å². The highest BCUT2D eigenvalue weighted by molar-refractivity contribution is 9.10. The van der Waals surface area contributed by atoms with E-state index in [2.05, 4.69) is 31.2 Å². The van der Waals surface area contributed by atoms with Crippen molar-refractivity contribution in [1.82, 2.24) is 14.5 Å². The van der Waals surface area contributed by atoms with Gasteiger partial charge in [-0.3, -0.25) is 4.79 Å². The third-order valence-electron chi connectivity index (χ3n) is 5.38. The molecule has 31 heavy (non-hydrogen) atoms. The van der Waals surface area contributed by atoms with Crippen LogP contribution < -0.4 is 10.9 Å². The maximum absolute atomic E-state index is 14.5. The average molecular weight is 503 g/mol. The Balaban J connectivity index is 1.74. The van der Waals surface area contributed by atoms with E-state index in [1.807, 2.05) is 0 Å². The molecule has 0 saturated heterocycles. The average Bonchev–Trinajstić information content (AvgIpc) is 3.52. The van der Waals surface area contributed by atoms with Crippen molar-refractivity contribution in [3.05, 3.63) is 62.5 Å². The Kier molecular flexibility index (Phi) is 5.71. The van der Waals surface area contributed by atoms with E-state index >= 15 is 0 Å². The van der Waals surface area contributed by atoms with Gasteiger partial charge in [-0.15, -0.1) is 0 Å². The molecule has 164 valence electrons. The Morgan fingerprint density at radius 2 is 1.90 bits per heavy atom. The molecule has 1 saturated carbocycles. The first-order chi connectivity index (χ1) is 14.7. The molecule has 1 unspecified atom stereocenters. The molecule has 1 N–H and O–H groups in total.